The molecule has 1 aliphatic heterocycles. The fourth-order valence-corrected chi connectivity index (χ4v) is 6.18. The SMILES string of the molecule is C/C=C(\C=C/NC)/C=C/c1ccc(N(C)CCSSCCN(C)c2ccc(/C=C/C3=CC[N+](C)(C)C=C3)cc2)cc1. The molecule has 1 aliphatic rings. The quantitative estimate of drug-likeness (QED) is 0.0986. The lowest BCUT2D eigenvalue weighted by atomic mass is 10.1. The average molecular weight is 588 g/mol. The van der Waals surface area contributed by atoms with E-state index in [4.69, 9.17) is 0 Å². The molecule has 0 unspecified atom stereocenters. The van der Waals surface area contributed by atoms with Crippen LogP contribution in [0.2, 0.25) is 0 Å². The smallest absolute Gasteiger partial charge is 0.102 e. The predicted molar refractivity (Wildman–Crippen MR) is 189 cm³/mol. The van der Waals surface area contributed by atoms with E-state index in [-0.39, 0.29) is 0 Å². The van der Waals surface area contributed by atoms with Crippen LogP contribution in [0.5, 0.6) is 0 Å². The van der Waals surface area contributed by atoms with E-state index in [9.17, 15) is 0 Å². The molecule has 0 bridgehead atoms. The molecule has 4 nitrogen and oxygen atoms in total. The third-order valence-electron chi connectivity index (χ3n) is 6.95. The van der Waals surface area contributed by atoms with Crippen molar-refractivity contribution in [3.05, 3.63) is 120 Å². The van der Waals surface area contributed by atoms with E-state index in [1.54, 1.807) is 0 Å². The van der Waals surface area contributed by atoms with Gasteiger partial charge >= 0.3 is 0 Å². The highest BCUT2D eigenvalue weighted by atomic mass is 33.1. The van der Waals surface area contributed by atoms with Gasteiger partial charge in [-0.2, -0.15) is 0 Å². The highest BCUT2D eigenvalue weighted by molar-refractivity contribution is 8.76. The lowest BCUT2D eigenvalue weighted by Crippen LogP contribution is -2.34. The van der Waals surface area contributed by atoms with E-state index in [2.05, 4.69) is 154 Å². The molecule has 0 aromatic heterocycles. The molecule has 0 atom stereocenters. The maximum Gasteiger partial charge on any atom is 0.102 e. The molecule has 2 aromatic carbocycles. The maximum atomic E-state index is 3.03. The zero-order valence-corrected chi connectivity index (χ0v) is 27.2. The fraction of sp³-hybridized carbons (Fsp3) is 0.314. The first-order valence-corrected chi connectivity index (χ1v) is 16.7. The van der Waals surface area contributed by atoms with E-state index in [1.165, 1.54) is 33.6 Å². The van der Waals surface area contributed by atoms with Gasteiger partial charge in [0.1, 0.15) is 6.54 Å². The second-order valence-corrected chi connectivity index (χ2v) is 13.4. The van der Waals surface area contributed by atoms with Gasteiger partial charge in [-0.25, -0.2) is 0 Å². The minimum atomic E-state index is 0.910. The molecule has 6 heteroatoms. The molecule has 2 aromatic rings. The van der Waals surface area contributed by atoms with Crippen LogP contribution in [0.1, 0.15) is 18.1 Å². The monoisotopic (exact) mass is 587 g/mol. The molecule has 0 aliphatic carbocycles. The Labute approximate surface area is 256 Å². The van der Waals surface area contributed by atoms with Crippen LogP contribution < -0.4 is 15.1 Å². The summed E-state index contributed by atoms with van der Waals surface area (Å²) in [5.74, 6) is 2.19. The Kier molecular flexibility index (Phi) is 13.5. The van der Waals surface area contributed by atoms with Crippen molar-refractivity contribution in [2.45, 2.75) is 6.92 Å². The van der Waals surface area contributed by atoms with Crippen LogP contribution in [-0.2, 0) is 0 Å². The van der Waals surface area contributed by atoms with E-state index in [0.717, 1.165) is 35.6 Å². The van der Waals surface area contributed by atoms with Gasteiger partial charge in [0.15, 0.2) is 0 Å². The Bertz CT molecular complexity index is 1250. The van der Waals surface area contributed by atoms with Crippen LogP contribution in [0.25, 0.3) is 12.2 Å². The van der Waals surface area contributed by atoms with Gasteiger partial charge in [-0.05, 0) is 77.9 Å². The Morgan fingerprint density at radius 1 is 0.829 bits per heavy atom. The van der Waals surface area contributed by atoms with Crippen molar-refractivity contribution in [2.75, 3.05) is 76.2 Å². The summed E-state index contributed by atoms with van der Waals surface area (Å²) >= 11 is 0. The van der Waals surface area contributed by atoms with Gasteiger partial charge in [-0.15, -0.1) is 0 Å². The number of nitrogens with one attached hydrogen (secondary N) is 1. The summed E-state index contributed by atoms with van der Waals surface area (Å²) in [6, 6.07) is 17.6. The number of benzene rings is 2. The van der Waals surface area contributed by atoms with E-state index >= 15 is 0 Å². The summed E-state index contributed by atoms with van der Waals surface area (Å²) in [6.45, 7) is 5.15. The van der Waals surface area contributed by atoms with Crippen LogP contribution in [-0.4, -0.2) is 70.9 Å². The molecule has 41 heavy (non-hydrogen) atoms. The van der Waals surface area contributed by atoms with Crippen molar-refractivity contribution in [1.82, 2.24) is 5.32 Å². The van der Waals surface area contributed by atoms with E-state index < -0.39 is 0 Å². The minimum absolute atomic E-state index is 0.910. The molecule has 0 saturated heterocycles. The molecule has 1 heterocycles. The van der Waals surface area contributed by atoms with Crippen molar-refractivity contribution in [2.24, 2.45) is 0 Å². The second-order valence-electron chi connectivity index (χ2n) is 10.7. The van der Waals surface area contributed by atoms with Crippen LogP contribution >= 0.6 is 21.6 Å². The van der Waals surface area contributed by atoms with E-state index in [0.29, 0.717) is 0 Å². The molecule has 1 N–H and O–H groups in total. The van der Waals surface area contributed by atoms with Gasteiger partial charge in [-0.3, -0.25) is 4.48 Å². The molecule has 0 radical (unpaired) electrons. The zero-order chi connectivity index (χ0) is 29.5. The molecule has 218 valence electrons. The Balaban J connectivity index is 1.33. The van der Waals surface area contributed by atoms with Gasteiger partial charge in [-0.1, -0.05) is 76.2 Å². The summed E-state index contributed by atoms with van der Waals surface area (Å²) in [7, 11) is 14.6. The summed E-state index contributed by atoms with van der Waals surface area (Å²) < 4.78 is 0.910. The fourth-order valence-electron chi connectivity index (χ4n) is 4.10. The normalized spacial score (nSPS) is 15.2. The lowest BCUT2D eigenvalue weighted by molar-refractivity contribution is -0.833. The van der Waals surface area contributed by atoms with Crippen molar-refractivity contribution in [1.29, 1.82) is 0 Å². The van der Waals surface area contributed by atoms with Gasteiger partial charge < -0.3 is 15.1 Å². The molecule has 0 amide bonds. The molecule has 0 fully saturated rings. The van der Waals surface area contributed by atoms with Gasteiger partial charge in [0.05, 0.1) is 20.3 Å². The van der Waals surface area contributed by atoms with Crippen LogP contribution in [0.4, 0.5) is 11.4 Å². The average Bonchev–Trinajstić information content (AvgIpc) is 2.98. The first kappa shape index (κ1) is 32.5. The number of hydrogen-bond donors (Lipinski definition) is 1. The minimum Gasteiger partial charge on any atom is -0.394 e. The largest absolute Gasteiger partial charge is 0.394 e. The Hall–Kier alpha value is -3.06. The molecule has 0 spiro atoms. The highest BCUT2D eigenvalue weighted by Crippen LogP contribution is 2.24. The first-order valence-electron chi connectivity index (χ1n) is 14.2. The number of anilines is 2. The number of hydrogen-bond acceptors (Lipinski definition) is 5. The van der Waals surface area contributed by atoms with Crippen LogP contribution in [0.15, 0.2) is 109 Å². The zero-order valence-electron chi connectivity index (χ0n) is 25.6. The van der Waals surface area contributed by atoms with Crippen LogP contribution in [0.3, 0.4) is 0 Å². The molecular weight excluding hydrogens is 541 g/mol. The number of likely N-dealkylation sites (N-methyl/N-ethyl adjacent to an activating group) is 1. The number of allylic oxidation sites excluding steroid dienone is 7. The van der Waals surface area contributed by atoms with Crippen molar-refractivity contribution >= 4 is 45.1 Å². The number of nitrogens with zero attached hydrogens (tertiary/aromatic N) is 3. The highest BCUT2D eigenvalue weighted by Gasteiger charge is 2.12. The van der Waals surface area contributed by atoms with Gasteiger partial charge in [0, 0.05) is 57.1 Å². The summed E-state index contributed by atoms with van der Waals surface area (Å²) in [5, 5.41) is 3.03. The third-order valence-corrected chi connectivity index (χ3v) is 9.32. The second kappa shape index (κ2) is 17.0. The van der Waals surface area contributed by atoms with Crippen molar-refractivity contribution in [3.63, 3.8) is 0 Å². The standard InChI is InChI=1S/C35H47N4S2/c1-7-30(20-23-36-2)8-9-31-12-16-34(17-13-31)37(3)24-28-40-41-29-25-38(4)35-18-14-32(15-19-35)10-11-33-21-26-39(5,6)27-22-33/h7-23,26,36H,24-25,27-29H2,1-6H3/q+1/b9-8+,11-10+,23-20-,30-7-. The molecule has 3 rings (SSSR count). The Morgan fingerprint density at radius 2 is 1.39 bits per heavy atom. The summed E-state index contributed by atoms with van der Waals surface area (Å²) in [6.07, 6.45) is 21.6. The van der Waals surface area contributed by atoms with Gasteiger partial charge in [0.2, 0.25) is 0 Å². The summed E-state index contributed by atoms with van der Waals surface area (Å²) in [5.41, 5.74) is 7.41. The van der Waals surface area contributed by atoms with Crippen molar-refractivity contribution in [3.8, 4) is 0 Å². The van der Waals surface area contributed by atoms with E-state index in [1.807, 2.05) is 34.8 Å². The number of quaternary nitrogens is 1. The summed E-state index contributed by atoms with van der Waals surface area (Å²) in [4.78, 5) is 4.67. The first-order chi connectivity index (χ1) is 19.8. The maximum absolute atomic E-state index is 3.03. The van der Waals surface area contributed by atoms with Crippen LogP contribution in [0, 0.1) is 0 Å². The predicted octanol–water partition coefficient (Wildman–Crippen LogP) is 7.88. The third kappa shape index (κ3) is 11.8. The Morgan fingerprint density at radius 3 is 1.88 bits per heavy atom. The molecular formula is C35H47N4S2+. The van der Waals surface area contributed by atoms with Gasteiger partial charge in [0.25, 0.3) is 0 Å². The van der Waals surface area contributed by atoms with Crippen molar-refractivity contribution < 1.29 is 4.48 Å². The lowest BCUT2D eigenvalue weighted by Gasteiger charge is -2.25. The number of rotatable bonds is 15. The molecule has 0 saturated carbocycles. The topological polar surface area (TPSA) is 18.5 Å².